The predicted molar refractivity (Wildman–Crippen MR) is 96.9 cm³/mol. The van der Waals surface area contributed by atoms with Crippen LogP contribution in [0.15, 0.2) is 60.7 Å². The summed E-state index contributed by atoms with van der Waals surface area (Å²) in [6.07, 6.45) is 2.46. The Labute approximate surface area is 135 Å². The van der Waals surface area contributed by atoms with Gasteiger partial charge in [0.15, 0.2) is 0 Å². The van der Waals surface area contributed by atoms with Crippen LogP contribution in [0.4, 0.5) is 11.4 Å². The molecule has 2 aromatic carbocycles. The van der Waals surface area contributed by atoms with Gasteiger partial charge in [-0.15, -0.1) is 0 Å². The lowest BCUT2D eigenvalue weighted by molar-refractivity contribution is 0.297. The van der Waals surface area contributed by atoms with Crippen LogP contribution < -0.4 is 4.90 Å². The summed E-state index contributed by atoms with van der Waals surface area (Å²) in [5, 5.41) is 0. The summed E-state index contributed by atoms with van der Waals surface area (Å²) in [6, 6.07) is 21.4. The van der Waals surface area contributed by atoms with Crippen LogP contribution in [0.1, 0.15) is 26.7 Å². The van der Waals surface area contributed by atoms with Crippen LogP contribution in [-0.2, 0) is 0 Å². The van der Waals surface area contributed by atoms with Gasteiger partial charge in [0, 0.05) is 17.9 Å². The zero-order valence-electron chi connectivity index (χ0n) is 13.9. The molecule has 0 radical (unpaired) electrons. The first-order valence-electron chi connectivity index (χ1n) is 8.45. The van der Waals surface area contributed by atoms with Crippen molar-refractivity contribution in [1.29, 1.82) is 0 Å². The molecule has 0 amide bonds. The Kier molecular flexibility index (Phi) is 6.98. The molecule has 2 nitrogen and oxygen atoms in total. The number of rotatable bonds is 9. The second kappa shape index (κ2) is 9.26. The van der Waals surface area contributed by atoms with E-state index in [0.29, 0.717) is 0 Å². The molecule has 0 unspecified atom stereocenters. The van der Waals surface area contributed by atoms with Gasteiger partial charge in [-0.1, -0.05) is 50.2 Å². The normalized spacial score (nSPS) is 10.9. The van der Waals surface area contributed by atoms with Crippen LogP contribution in [0, 0.1) is 0 Å². The summed E-state index contributed by atoms with van der Waals surface area (Å²) >= 11 is 0. The number of para-hydroxylation sites is 2. The minimum Gasteiger partial charge on any atom is -0.341 e. The molecule has 0 aliphatic carbocycles. The zero-order valence-corrected chi connectivity index (χ0v) is 13.9. The third kappa shape index (κ3) is 4.88. The minimum atomic E-state index is 1.06. The molecule has 0 saturated heterocycles. The number of anilines is 2. The standard InChI is InChI=1S/C20H28N2/c1-3-21(4-2)17-11-12-18-22(19-13-7-5-8-14-19)20-15-9-6-10-16-20/h5-10,13-16H,3-4,11-12,17-18H2,1-2H3. The third-order valence-corrected chi connectivity index (χ3v) is 4.14. The van der Waals surface area contributed by atoms with E-state index in [9.17, 15) is 0 Å². The first-order chi connectivity index (χ1) is 10.8. The summed E-state index contributed by atoms with van der Waals surface area (Å²) in [7, 11) is 0. The first-order valence-corrected chi connectivity index (χ1v) is 8.45. The number of benzene rings is 2. The fraction of sp³-hybridized carbons (Fsp3) is 0.400. The molecular formula is C20H28N2. The van der Waals surface area contributed by atoms with Crippen molar-refractivity contribution < 1.29 is 0 Å². The van der Waals surface area contributed by atoms with E-state index in [1.165, 1.54) is 30.8 Å². The Bertz CT molecular complexity index is 466. The summed E-state index contributed by atoms with van der Waals surface area (Å²) in [6.45, 7) is 9.04. The van der Waals surface area contributed by atoms with Gasteiger partial charge < -0.3 is 9.80 Å². The molecule has 0 atom stereocenters. The van der Waals surface area contributed by atoms with E-state index in [4.69, 9.17) is 0 Å². The molecule has 0 heterocycles. The van der Waals surface area contributed by atoms with E-state index < -0.39 is 0 Å². The molecule has 118 valence electrons. The predicted octanol–water partition coefficient (Wildman–Crippen LogP) is 4.95. The average molecular weight is 296 g/mol. The largest absolute Gasteiger partial charge is 0.341 e. The summed E-state index contributed by atoms with van der Waals surface area (Å²) in [4.78, 5) is 4.91. The summed E-state index contributed by atoms with van der Waals surface area (Å²) < 4.78 is 0. The van der Waals surface area contributed by atoms with Crippen molar-refractivity contribution in [2.75, 3.05) is 31.1 Å². The maximum absolute atomic E-state index is 2.50. The van der Waals surface area contributed by atoms with Crippen LogP contribution in [0.2, 0.25) is 0 Å². The highest BCUT2D eigenvalue weighted by atomic mass is 15.1. The van der Waals surface area contributed by atoms with Crippen molar-refractivity contribution in [1.82, 2.24) is 4.90 Å². The number of hydrogen-bond acceptors (Lipinski definition) is 2. The van der Waals surface area contributed by atoms with Gasteiger partial charge in [0.2, 0.25) is 0 Å². The maximum atomic E-state index is 2.50. The summed E-state index contributed by atoms with van der Waals surface area (Å²) in [5.74, 6) is 0. The molecule has 2 rings (SSSR count). The Balaban J connectivity index is 1.98. The Morgan fingerprint density at radius 2 is 1.09 bits per heavy atom. The number of nitrogens with zero attached hydrogens (tertiary/aromatic N) is 2. The molecule has 0 saturated carbocycles. The number of unbranched alkanes of at least 4 members (excludes halogenated alkanes) is 1. The van der Waals surface area contributed by atoms with Gasteiger partial charge in [-0.05, 0) is 56.7 Å². The maximum Gasteiger partial charge on any atom is 0.0410 e. The molecule has 0 bridgehead atoms. The smallest absolute Gasteiger partial charge is 0.0410 e. The molecule has 0 aliphatic heterocycles. The highest BCUT2D eigenvalue weighted by Gasteiger charge is 2.08. The fourth-order valence-electron chi connectivity index (χ4n) is 2.77. The second-order valence-electron chi connectivity index (χ2n) is 5.56. The van der Waals surface area contributed by atoms with E-state index in [1.54, 1.807) is 0 Å². The Hall–Kier alpha value is -1.80. The van der Waals surface area contributed by atoms with Gasteiger partial charge in [-0.3, -0.25) is 0 Å². The highest BCUT2D eigenvalue weighted by molar-refractivity contribution is 5.62. The molecular weight excluding hydrogens is 268 g/mol. The van der Waals surface area contributed by atoms with Crippen molar-refractivity contribution in [3.05, 3.63) is 60.7 Å². The lowest BCUT2D eigenvalue weighted by atomic mass is 10.2. The molecule has 0 aromatic heterocycles. The van der Waals surface area contributed by atoms with Crippen molar-refractivity contribution in [3.63, 3.8) is 0 Å². The molecule has 0 fully saturated rings. The van der Waals surface area contributed by atoms with Crippen LogP contribution in [0.3, 0.4) is 0 Å². The van der Waals surface area contributed by atoms with Crippen LogP contribution in [-0.4, -0.2) is 31.1 Å². The lowest BCUT2D eigenvalue weighted by Gasteiger charge is -2.26. The van der Waals surface area contributed by atoms with Crippen molar-refractivity contribution in [2.24, 2.45) is 0 Å². The highest BCUT2D eigenvalue weighted by Crippen LogP contribution is 2.25. The van der Waals surface area contributed by atoms with Crippen LogP contribution in [0.5, 0.6) is 0 Å². The monoisotopic (exact) mass is 296 g/mol. The molecule has 0 N–H and O–H groups in total. The van der Waals surface area contributed by atoms with E-state index in [-0.39, 0.29) is 0 Å². The van der Waals surface area contributed by atoms with Crippen molar-refractivity contribution in [2.45, 2.75) is 26.7 Å². The molecule has 22 heavy (non-hydrogen) atoms. The van der Waals surface area contributed by atoms with E-state index in [1.807, 2.05) is 0 Å². The zero-order chi connectivity index (χ0) is 15.6. The molecule has 0 aliphatic rings. The van der Waals surface area contributed by atoms with Crippen LogP contribution >= 0.6 is 0 Å². The Morgan fingerprint density at radius 3 is 1.55 bits per heavy atom. The Morgan fingerprint density at radius 1 is 0.636 bits per heavy atom. The molecule has 2 heteroatoms. The van der Waals surface area contributed by atoms with E-state index >= 15 is 0 Å². The van der Waals surface area contributed by atoms with Crippen LogP contribution in [0.25, 0.3) is 0 Å². The van der Waals surface area contributed by atoms with Crippen molar-refractivity contribution >= 4 is 11.4 Å². The van der Waals surface area contributed by atoms with Gasteiger partial charge >= 0.3 is 0 Å². The van der Waals surface area contributed by atoms with Gasteiger partial charge in [0.05, 0.1) is 0 Å². The first kappa shape index (κ1) is 16.6. The average Bonchev–Trinajstić information content (AvgIpc) is 2.60. The molecule has 0 spiro atoms. The number of hydrogen-bond donors (Lipinski definition) is 0. The third-order valence-electron chi connectivity index (χ3n) is 4.14. The van der Waals surface area contributed by atoms with Crippen molar-refractivity contribution in [3.8, 4) is 0 Å². The fourth-order valence-corrected chi connectivity index (χ4v) is 2.77. The summed E-state index contributed by atoms with van der Waals surface area (Å²) in [5.41, 5.74) is 2.55. The van der Waals surface area contributed by atoms with E-state index in [0.717, 1.165) is 19.6 Å². The van der Waals surface area contributed by atoms with Gasteiger partial charge in [0.25, 0.3) is 0 Å². The lowest BCUT2D eigenvalue weighted by Crippen LogP contribution is -2.25. The quantitative estimate of drug-likeness (QED) is 0.604. The van der Waals surface area contributed by atoms with Gasteiger partial charge in [-0.2, -0.15) is 0 Å². The molecule has 2 aromatic rings. The van der Waals surface area contributed by atoms with Gasteiger partial charge in [-0.25, -0.2) is 0 Å². The van der Waals surface area contributed by atoms with E-state index in [2.05, 4.69) is 84.3 Å². The second-order valence-corrected chi connectivity index (χ2v) is 5.56. The topological polar surface area (TPSA) is 6.48 Å². The van der Waals surface area contributed by atoms with Gasteiger partial charge in [0.1, 0.15) is 0 Å². The minimum absolute atomic E-state index is 1.06. The SMILES string of the molecule is CCN(CC)CCCCN(c1ccccc1)c1ccccc1.